The van der Waals surface area contributed by atoms with Gasteiger partial charge in [-0.15, -0.1) is 0 Å². The topological polar surface area (TPSA) is 26.0 Å². The van der Waals surface area contributed by atoms with Crippen LogP contribution < -0.4 is 5.73 Å². The average Bonchev–Trinajstić information content (AvgIpc) is 2.77. The maximum atomic E-state index is 5.71. The molecule has 2 aromatic rings. The first kappa shape index (κ1) is 11.5. The molecule has 0 saturated carbocycles. The Morgan fingerprint density at radius 1 is 1.00 bits per heavy atom. The molecule has 1 heteroatoms. The molecule has 0 aromatic heterocycles. The van der Waals surface area contributed by atoms with E-state index in [4.69, 9.17) is 5.73 Å². The third-order valence-electron chi connectivity index (χ3n) is 3.84. The summed E-state index contributed by atoms with van der Waals surface area (Å²) in [6, 6.07) is 15.4. The predicted molar refractivity (Wildman–Crippen MR) is 76.3 cm³/mol. The Balaban J connectivity index is 2.00. The molecule has 2 aromatic carbocycles. The maximum Gasteiger partial charge on any atom is 0.0178 e. The molecule has 3 rings (SSSR count). The first-order chi connectivity index (χ1) is 8.76. The summed E-state index contributed by atoms with van der Waals surface area (Å²) in [5.74, 6) is 0.797. The van der Waals surface area contributed by atoms with Crippen molar-refractivity contribution < 1.29 is 0 Å². The lowest BCUT2D eigenvalue weighted by molar-refractivity contribution is 0.628. The summed E-state index contributed by atoms with van der Waals surface area (Å²) in [5, 5.41) is 0. The van der Waals surface area contributed by atoms with Crippen molar-refractivity contribution >= 4 is 0 Å². The van der Waals surface area contributed by atoms with Crippen molar-refractivity contribution in [3.05, 3.63) is 59.2 Å². The van der Waals surface area contributed by atoms with Crippen LogP contribution in [0.2, 0.25) is 0 Å². The SMILES string of the molecule is CC1Cc2ccc(-c3cccc(CN)c3)cc2C1. The van der Waals surface area contributed by atoms with Crippen molar-refractivity contribution in [2.45, 2.75) is 26.3 Å². The first-order valence-electron chi connectivity index (χ1n) is 6.67. The molecule has 1 aliphatic rings. The molecule has 0 bridgehead atoms. The molecule has 0 amide bonds. The van der Waals surface area contributed by atoms with Crippen LogP contribution in [0.3, 0.4) is 0 Å². The highest BCUT2D eigenvalue weighted by molar-refractivity contribution is 5.66. The highest BCUT2D eigenvalue weighted by atomic mass is 14.5. The lowest BCUT2D eigenvalue weighted by Gasteiger charge is -2.06. The predicted octanol–water partition coefficient (Wildman–Crippen LogP) is 3.55. The second-order valence-electron chi connectivity index (χ2n) is 5.40. The van der Waals surface area contributed by atoms with Gasteiger partial charge in [0.2, 0.25) is 0 Å². The van der Waals surface area contributed by atoms with Gasteiger partial charge < -0.3 is 5.73 Å². The van der Waals surface area contributed by atoms with Gasteiger partial charge in [-0.3, -0.25) is 0 Å². The molecule has 0 heterocycles. The standard InChI is InChI=1S/C17H19N/c1-12-7-15-5-6-16(10-17(15)8-12)14-4-2-3-13(9-14)11-18/h2-6,9-10,12H,7-8,11,18H2,1H3. The van der Waals surface area contributed by atoms with Crippen LogP contribution in [-0.2, 0) is 19.4 Å². The molecule has 92 valence electrons. The number of benzene rings is 2. The van der Waals surface area contributed by atoms with Crippen molar-refractivity contribution in [3.8, 4) is 11.1 Å². The van der Waals surface area contributed by atoms with Gasteiger partial charge in [0.1, 0.15) is 0 Å². The van der Waals surface area contributed by atoms with Gasteiger partial charge in [-0.2, -0.15) is 0 Å². The Bertz CT molecular complexity index is 572. The molecule has 18 heavy (non-hydrogen) atoms. The van der Waals surface area contributed by atoms with Crippen LogP contribution in [0.4, 0.5) is 0 Å². The molecular formula is C17H19N. The van der Waals surface area contributed by atoms with Crippen LogP contribution in [0.5, 0.6) is 0 Å². The van der Waals surface area contributed by atoms with Crippen LogP contribution in [0.1, 0.15) is 23.6 Å². The third kappa shape index (κ3) is 2.06. The smallest absolute Gasteiger partial charge is 0.0178 e. The van der Waals surface area contributed by atoms with Crippen LogP contribution in [0.15, 0.2) is 42.5 Å². The van der Waals surface area contributed by atoms with E-state index in [0.29, 0.717) is 6.54 Å². The Hall–Kier alpha value is -1.60. The van der Waals surface area contributed by atoms with E-state index in [1.807, 2.05) is 0 Å². The zero-order valence-electron chi connectivity index (χ0n) is 10.8. The molecule has 0 saturated heterocycles. The van der Waals surface area contributed by atoms with E-state index in [0.717, 1.165) is 5.92 Å². The molecule has 1 unspecified atom stereocenters. The second-order valence-corrected chi connectivity index (χ2v) is 5.40. The summed E-state index contributed by atoms with van der Waals surface area (Å²) >= 11 is 0. The number of nitrogens with two attached hydrogens (primary N) is 1. The summed E-state index contributed by atoms with van der Waals surface area (Å²) < 4.78 is 0. The minimum atomic E-state index is 0.607. The van der Waals surface area contributed by atoms with Gasteiger partial charge >= 0.3 is 0 Å². The molecular weight excluding hydrogens is 218 g/mol. The Kier molecular flexibility index (Phi) is 2.92. The van der Waals surface area contributed by atoms with Gasteiger partial charge in [-0.05, 0) is 52.6 Å². The van der Waals surface area contributed by atoms with Crippen molar-refractivity contribution in [1.29, 1.82) is 0 Å². The zero-order chi connectivity index (χ0) is 12.5. The van der Waals surface area contributed by atoms with Gasteiger partial charge in [-0.1, -0.05) is 43.3 Å². The quantitative estimate of drug-likeness (QED) is 0.849. The lowest BCUT2D eigenvalue weighted by atomic mass is 9.99. The highest BCUT2D eigenvalue weighted by Gasteiger charge is 2.17. The van der Waals surface area contributed by atoms with Gasteiger partial charge in [-0.25, -0.2) is 0 Å². The molecule has 1 atom stereocenters. The molecule has 1 aliphatic carbocycles. The van der Waals surface area contributed by atoms with Crippen LogP contribution in [0, 0.1) is 5.92 Å². The molecule has 0 aliphatic heterocycles. The first-order valence-corrected chi connectivity index (χ1v) is 6.67. The number of rotatable bonds is 2. The monoisotopic (exact) mass is 237 g/mol. The lowest BCUT2D eigenvalue weighted by Crippen LogP contribution is -1.95. The number of fused-ring (bicyclic) bond motifs is 1. The summed E-state index contributed by atoms with van der Waals surface area (Å²) in [7, 11) is 0. The van der Waals surface area contributed by atoms with Crippen LogP contribution in [0.25, 0.3) is 11.1 Å². The summed E-state index contributed by atoms with van der Waals surface area (Å²) in [5.41, 5.74) is 12.6. The largest absolute Gasteiger partial charge is 0.326 e. The zero-order valence-corrected chi connectivity index (χ0v) is 10.8. The number of hydrogen-bond acceptors (Lipinski definition) is 1. The minimum Gasteiger partial charge on any atom is -0.326 e. The summed E-state index contributed by atoms with van der Waals surface area (Å²) in [6.07, 6.45) is 2.46. The van der Waals surface area contributed by atoms with E-state index in [1.165, 1.54) is 40.7 Å². The normalized spacial score (nSPS) is 17.8. The van der Waals surface area contributed by atoms with E-state index in [9.17, 15) is 0 Å². The molecule has 0 fully saturated rings. The van der Waals surface area contributed by atoms with E-state index >= 15 is 0 Å². The van der Waals surface area contributed by atoms with E-state index in [-0.39, 0.29) is 0 Å². The van der Waals surface area contributed by atoms with E-state index < -0.39 is 0 Å². The van der Waals surface area contributed by atoms with Gasteiger partial charge in [0, 0.05) is 6.54 Å². The van der Waals surface area contributed by atoms with Gasteiger partial charge in [0.05, 0.1) is 0 Å². The maximum absolute atomic E-state index is 5.71. The Labute approximate surface area is 109 Å². The molecule has 0 radical (unpaired) electrons. The highest BCUT2D eigenvalue weighted by Crippen LogP contribution is 2.30. The van der Waals surface area contributed by atoms with E-state index in [2.05, 4.69) is 49.4 Å². The van der Waals surface area contributed by atoms with Crippen molar-refractivity contribution in [1.82, 2.24) is 0 Å². The molecule has 1 nitrogen and oxygen atoms in total. The van der Waals surface area contributed by atoms with Crippen molar-refractivity contribution in [2.24, 2.45) is 11.7 Å². The minimum absolute atomic E-state index is 0.607. The fourth-order valence-electron chi connectivity index (χ4n) is 2.90. The van der Waals surface area contributed by atoms with Gasteiger partial charge in [0.15, 0.2) is 0 Å². The molecule has 2 N–H and O–H groups in total. The van der Waals surface area contributed by atoms with Crippen LogP contribution in [-0.4, -0.2) is 0 Å². The fourth-order valence-corrected chi connectivity index (χ4v) is 2.90. The fraction of sp³-hybridized carbons (Fsp3) is 0.294. The third-order valence-corrected chi connectivity index (χ3v) is 3.84. The Morgan fingerprint density at radius 3 is 2.61 bits per heavy atom. The van der Waals surface area contributed by atoms with Crippen LogP contribution >= 0.6 is 0 Å². The van der Waals surface area contributed by atoms with Crippen molar-refractivity contribution in [3.63, 3.8) is 0 Å². The molecule has 0 spiro atoms. The Morgan fingerprint density at radius 2 is 1.78 bits per heavy atom. The van der Waals surface area contributed by atoms with Gasteiger partial charge in [0.25, 0.3) is 0 Å². The van der Waals surface area contributed by atoms with Crippen molar-refractivity contribution in [2.75, 3.05) is 0 Å². The summed E-state index contributed by atoms with van der Waals surface area (Å²) in [6.45, 7) is 2.94. The average molecular weight is 237 g/mol. The van der Waals surface area contributed by atoms with E-state index in [1.54, 1.807) is 0 Å². The number of hydrogen-bond donors (Lipinski definition) is 1. The second kappa shape index (κ2) is 4.58. The summed E-state index contributed by atoms with van der Waals surface area (Å²) in [4.78, 5) is 0.